The Hall–Kier alpha value is -3.21. The zero-order chi connectivity index (χ0) is 18.1. The standard InChI is InChI=1S/C21H19N3O2/c1-23-14-16(6-9-20(23)25)18-11-17(12-22-13-18)15-4-7-19(8-5-15)24-10-2-3-21(24)26/h4-9,11-14H,2-3,10H2,1H3. The zero-order valence-corrected chi connectivity index (χ0v) is 14.6. The van der Waals surface area contributed by atoms with Crippen LogP contribution in [0, 0.1) is 0 Å². The number of hydrogen-bond donors (Lipinski definition) is 0. The highest BCUT2D eigenvalue weighted by Gasteiger charge is 2.21. The van der Waals surface area contributed by atoms with E-state index in [1.54, 1.807) is 23.9 Å². The van der Waals surface area contributed by atoms with Gasteiger partial charge >= 0.3 is 0 Å². The van der Waals surface area contributed by atoms with Gasteiger partial charge in [-0.15, -0.1) is 0 Å². The maximum atomic E-state index is 11.9. The van der Waals surface area contributed by atoms with Crippen molar-refractivity contribution in [3.8, 4) is 22.3 Å². The van der Waals surface area contributed by atoms with E-state index in [2.05, 4.69) is 11.1 Å². The van der Waals surface area contributed by atoms with Gasteiger partial charge in [0, 0.05) is 61.5 Å². The van der Waals surface area contributed by atoms with Crippen LogP contribution in [0.1, 0.15) is 12.8 Å². The summed E-state index contributed by atoms with van der Waals surface area (Å²) in [5, 5.41) is 0. The number of anilines is 1. The average Bonchev–Trinajstić information content (AvgIpc) is 3.10. The number of carbonyl (C=O) groups is 1. The van der Waals surface area contributed by atoms with Crippen molar-refractivity contribution in [2.75, 3.05) is 11.4 Å². The molecule has 4 rings (SSSR count). The smallest absolute Gasteiger partial charge is 0.250 e. The molecule has 1 aromatic carbocycles. The molecule has 0 atom stereocenters. The van der Waals surface area contributed by atoms with Crippen LogP contribution in [0.3, 0.4) is 0 Å². The first-order valence-electron chi connectivity index (χ1n) is 8.65. The molecule has 3 aromatic rings. The molecule has 0 aliphatic carbocycles. The van der Waals surface area contributed by atoms with Gasteiger partial charge in [-0.3, -0.25) is 14.6 Å². The number of benzene rings is 1. The van der Waals surface area contributed by atoms with E-state index >= 15 is 0 Å². The van der Waals surface area contributed by atoms with Crippen molar-refractivity contribution in [2.24, 2.45) is 7.05 Å². The summed E-state index contributed by atoms with van der Waals surface area (Å²) in [6.45, 7) is 0.794. The first-order valence-corrected chi connectivity index (χ1v) is 8.65. The number of carbonyl (C=O) groups excluding carboxylic acids is 1. The summed E-state index contributed by atoms with van der Waals surface area (Å²) >= 11 is 0. The highest BCUT2D eigenvalue weighted by atomic mass is 16.2. The number of hydrogen-bond acceptors (Lipinski definition) is 3. The van der Waals surface area contributed by atoms with E-state index in [9.17, 15) is 9.59 Å². The monoisotopic (exact) mass is 345 g/mol. The maximum absolute atomic E-state index is 11.9. The summed E-state index contributed by atoms with van der Waals surface area (Å²) in [5.41, 5.74) is 4.84. The van der Waals surface area contributed by atoms with E-state index in [0.29, 0.717) is 6.42 Å². The molecule has 1 saturated heterocycles. The summed E-state index contributed by atoms with van der Waals surface area (Å²) in [4.78, 5) is 29.6. The lowest BCUT2D eigenvalue weighted by Crippen LogP contribution is -2.23. The van der Waals surface area contributed by atoms with Crippen molar-refractivity contribution in [1.29, 1.82) is 0 Å². The third-order valence-corrected chi connectivity index (χ3v) is 4.74. The summed E-state index contributed by atoms with van der Waals surface area (Å²) < 4.78 is 1.56. The summed E-state index contributed by atoms with van der Waals surface area (Å²) in [6.07, 6.45) is 6.98. The van der Waals surface area contributed by atoms with Crippen molar-refractivity contribution in [1.82, 2.24) is 9.55 Å². The van der Waals surface area contributed by atoms with Crippen LogP contribution in [-0.4, -0.2) is 22.0 Å². The van der Waals surface area contributed by atoms with E-state index < -0.39 is 0 Å². The lowest BCUT2D eigenvalue weighted by Gasteiger charge is -2.16. The first-order chi connectivity index (χ1) is 12.6. The van der Waals surface area contributed by atoms with Gasteiger partial charge in [0.25, 0.3) is 0 Å². The van der Waals surface area contributed by atoms with Gasteiger partial charge < -0.3 is 9.47 Å². The Morgan fingerprint density at radius 3 is 2.23 bits per heavy atom. The lowest BCUT2D eigenvalue weighted by molar-refractivity contribution is -0.117. The molecule has 5 nitrogen and oxygen atoms in total. The molecule has 0 unspecified atom stereocenters. The molecule has 0 radical (unpaired) electrons. The number of aromatic nitrogens is 2. The second-order valence-electron chi connectivity index (χ2n) is 6.53. The van der Waals surface area contributed by atoms with Crippen LogP contribution >= 0.6 is 0 Å². The Morgan fingerprint density at radius 2 is 1.58 bits per heavy atom. The molecule has 1 fully saturated rings. The van der Waals surface area contributed by atoms with Gasteiger partial charge in [0.1, 0.15) is 0 Å². The number of rotatable bonds is 3. The summed E-state index contributed by atoms with van der Waals surface area (Å²) in [7, 11) is 1.74. The Morgan fingerprint density at radius 1 is 0.885 bits per heavy atom. The molecule has 130 valence electrons. The molecule has 26 heavy (non-hydrogen) atoms. The fourth-order valence-electron chi connectivity index (χ4n) is 3.28. The molecule has 1 amide bonds. The van der Waals surface area contributed by atoms with Gasteiger partial charge in [-0.1, -0.05) is 12.1 Å². The van der Waals surface area contributed by atoms with Crippen molar-refractivity contribution in [3.63, 3.8) is 0 Å². The van der Waals surface area contributed by atoms with Crippen molar-refractivity contribution in [3.05, 3.63) is 71.4 Å². The first kappa shape index (κ1) is 16.3. The topological polar surface area (TPSA) is 55.2 Å². The quantitative estimate of drug-likeness (QED) is 0.732. The second kappa shape index (κ2) is 6.59. The Labute approximate surface area is 151 Å². The normalized spacial score (nSPS) is 14.0. The van der Waals surface area contributed by atoms with Gasteiger partial charge in [0.05, 0.1) is 0 Å². The Bertz CT molecular complexity index is 1020. The van der Waals surface area contributed by atoms with E-state index in [-0.39, 0.29) is 11.5 Å². The van der Waals surface area contributed by atoms with Crippen molar-refractivity contribution < 1.29 is 4.79 Å². The van der Waals surface area contributed by atoms with Gasteiger partial charge in [0.2, 0.25) is 11.5 Å². The predicted octanol–water partition coefficient (Wildman–Crippen LogP) is 3.24. The highest BCUT2D eigenvalue weighted by Crippen LogP contribution is 2.28. The van der Waals surface area contributed by atoms with Crippen LogP contribution in [0.15, 0.2) is 65.8 Å². The third-order valence-electron chi connectivity index (χ3n) is 4.74. The zero-order valence-electron chi connectivity index (χ0n) is 14.6. The van der Waals surface area contributed by atoms with Crippen LogP contribution < -0.4 is 10.5 Å². The van der Waals surface area contributed by atoms with Crippen LogP contribution in [0.2, 0.25) is 0 Å². The van der Waals surface area contributed by atoms with E-state index in [4.69, 9.17) is 0 Å². The molecular weight excluding hydrogens is 326 g/mol. The second-order valence-corrected chi connectivity index (χ2v) is 6.53. The molecule has 0 bridgehead atoms. The Balaban J connectivity index is 1.65. The molecule has 2 aromatic heterocycles. The van der Waals surface area contributed by atoms with Crippen LogP contribution in [0.25, 0.3) is 22.3 Å². The van der Waals surface area contributed by atoms with Gasteiger partial charge in [-0.05, 0) is 41.8 Å². The minimum Gasteiger partial charge on any atom is -0.318 e. The number of aryl methyl sites for hydroxylation is 1. The van der Waals surface area contributed by atoms with E-state index in [1.165, 1.54) is 0 Å². The van der Waals surface area contributed by atoms with Crippen LogP contribution in [0.4, 0.5) is 5.69 Å². The van der Waals surface area contributed by atoms with Crippen LogP contribution in [-0.2, 0) is 11.8 Å². The fraction of sp³-hybridized carbons (Fsp3) is 0.190. The summed E-state index contributed by atoms with van der Waals surface area (Å²) in [6, 6.07) is 13.4. The van der Waals surface area contributed by atoms with Gasteiger partial charge in [-0.2, -0.15) is 0 Å². The molecule has 1 aliphatic rings. The molecule has 0 saturated carbocycles. The van der Waals surface area contributed by atoms with E-state index in [1.807, 2.05) is 47.6 Å². The lowest BCUT2D eigenvalue weighted by atomic mass is 10.0. The average molecular weight is 345 g/mol. The van der Waals surface area contributed by atoms with Gasteiger partial charge in [0.15, 0.2) is 0 Å². The molecular formula is C21H19N3O2. The highest BCUT2D eigenvalue weighted by molar-refractivity contribution is 5.95. The third kappa shape index (κ3) is 3.04. The molecule has 0 N–H and O–H groups in total. The number of pyridine rings is 2. The molecule has 1 aliphatic heterocycles. The molecule has 5 heteroatoms. The molecule has 3 heterocycles. The largest absolute Gasteiger partial charge is 0.318 e. The van der Waals surface area contributed by atoms with Crippen molar-refractivity contribution >= 4 is 11.6 Å². The number of amides is 1. The van der Waals surface area contributed by atoms with Crippen LogP contribution in [0.5, 0.6) is 0 Å². The minimum absolute atomic E-state index is 0.0371. The van der Waals surface area contributed by atoms with E-state index in [0.717, 1.165) is 40.9 Å². The van der Waals surface area contributed by atoms with Crippen molar-refractivity contribution in [2.45, 2.75) is 12.8 Å². The SMILES string of the molecule is Cn1cc(-c2cncc(-c3ccc(N4CCCC4=O)cc3)c2)ccc1=O. The molecule has 0 spiro atoms. The Kier molecular flexibility index (Phi) is 4.13. The number of nitrogens with zero attached hydrogens (tertiary/aromatic N) is 3. The minimum atomic E-state index is -0.0371. The van der Waals surface area contributed by atoms with Gasteiger partial charge in [-0.25, -0.2) is 0 Å². The fourth-order valence-corrected chi connectivity index (χ4v) is 3.28. The maximum Gasteiger partial charge on any atom is 0.250 e. The summed E-state index contributed by atoms with van der Waals surface area (Å²) in [5.74, 6) is 0.191. The predicted molar refractivity (Wildman–Crippen MR) is 102 cm³/mol.